The molecule has 0 fully saturated rings. The Morgan fingerprint density at radius 1 is 0.309 bits per heavy atom. The first-order valence-corrected chi connectivity index (χ1v) is 19.4. The molecule has 0 radical (unpaired) electrons. The molecule has 11 aromatic rings. The van der Waals surface area contributed by atoms with Crippen molar-refractivity contribution in [2.75, 3.05) is 0 Å². The first-order valence-electron chi connectivity index (χ1n) is 19.4. The van der Waals surface area contributed by atoms with Crippen molar-refractivity contribution in [3.8, 4) is 44.5 Å². The Balaban J connectivity index is 0.962. The monoisotopic (exact) mass is 696 g/mol. The highest BCUT2D eigenvalue weighted by Crippen LogP contribution is 2.55. The fourth-order valence-corrected chi connectivity index (χ4v) is 10.2. The molecule has 1 aliphatic carbocycles. The van der Waals surface area contributed by atoms with Gasteiger partial charge in [-0.2, -0.15) is 0 Å². The molecule has 0 atom stereocenters. The van der Waals surface area contributed by atoms with Gasteiger partial charge in [0.2, 0.25) is 0 Å². The van der Waals surface area contributed by atoms with Crippen molar-refractivity contribution >= 4 is 64.6 Å². The summed E-state index contributed by atoms with van der Waals surface area (Å²) in [5.74, 6) is 0. The van der Waals surface area contributed by atoms with E-state index in [2.05, 4.69) is 196 Å². The van der Waals surface area contributed by atoms with Gasteiger partial charge in [0, 0.05) is 5.41 Å². The Hall–Kier alpha value is -6.76. The van der Waals surface area contributed by atoms with Crippen LogP contribution in [0, 0.1) is 0 Å². The molecule has 0 nitrogen and oxygen atoms in total. The Morgan fingerprint density at radius 3 is 1.47 bits per heavy atom. The van der Waals surface area contributed by atoms with Crippen LogP contribution in [0.3, 0.4) is 0 Å². The molecule has 0 saturated heterocycles. The fourth-order valence-electron chi connectivity index (χ4n) is 10.2. The van der Waals surface area contributed by atoms with Gasteiger partial charge in [0.1, 0.15) is 0 Å². The van der Waals surface area contributed by atoms with E-state index in [1.54, 1.807) is 0 Å². The lowest BCUT2D eigenvalue weighted by atomic mass is 9.78. The van der Waals surface area contributed by atoms with Crippen molar-refractivity contribution in [2.45, 2.75) is 19.3 Å². The van der Waals surface area contributed by atoms with Crippen LogP contribution in [-0.2, 0) is 5.41 Å². The molecule has 0 aromatic heterocycles. The van der Waals surface area contributed by atoms with Crippen molar-refractivity contribution in [1.29, 1.82) is 0 Å². The fraction of sp³-hybridized carbons (Fsp3) is 0.0545. The number of hydrogen-bond donors (Lipinski definition) is 0. The summed E-state index contributed by atoms with van der Waals surface area (Å²) in [6, 6.07) is 68.2. The smallest absolute Gasteiger partial charge is 0.0165 e. The van der Waals surface area contributed by atoms with Gasteiger partial charge >= 0.3 is 0 Å². The first kappa shape index (κ1) is 30.7. The molecule has 0 spiro atoms. The van der Waals surface area contributed by atoms with Crippen molar-refractivity contribution in [3.63, 3.8) is 0 Å². The lowest BCUT2D eigenvalue weighted by Gasteiger charge is -2.24. The highest BCUT2D eigenvalue weighted by molar-refractivity contribution is 6.27. The van der Waals surface area contributed by atoms with E-state index in [9.17, 15) is 0 Å². The minimum absolute atomic E-state index is 0.125. The highest BCUT2D eigenvalue weighted by atomic mass is 14.4. The van der Waals surface area contributed by atoms with Gasteiger partial charge in [-0.05, 0) is 138 Å². The van der Waals surface area contributed by atoms with Crippen LogP contribution in [0.4, 0.5) is 0 Å². The predicted molar refractivity (Wildman–Crippen MR) is 237 cm³/mol. The third-order valence-corrected chi connectivity index (χ3v) is 12.8. The van der Waals surface area contributed by atoms with E-state index in [0.29, 0.717) is 0 Å². The number of benzene rings is 11. The van der Waals surface area contributed by atoms with E-state index >= 15 is 0 Å². The zero-order chi connectivity index (χ0) is 36.4. The quantitative estimate of drug-likeness (QED) is 0.161. The summed E-state index contributed by atoms with van der Waals surface area (Å²) in [6.07, 6.45) is 0. The van der Waals surface area contributed by atoms with Crippen LogP contribution in [0.5, 0.6) is 0 Å². The standard InChI is InChI=1S/C55H36/c1-55(2)50-32-39(24-29-49(50)53-45-14-8-6-12-43(45)44-13-7-9-15-48(44)54(53)55)37-16-17-38-31-40(19-18-36(38)30-37)42-26-21-35-22-27-46-41(33-10-4-3-5-11-33)25-20-34-23-28-47(42)52(35)51(34)46/h3-32H,1-2H3. The van der Waals surface area contributed by atoms with E-state index in [-0.39, 0.29) is 5.41 Å². The molecule has 0 bridgehead atoms. The van der Waals surface area contributed by atoms with Crippen molar-refractivity contribution in [1.82, 2.24) is 0 Å². The second-order valence-electron chi connectivity index (χ2n) is 16.0. The number of hydrogen-bond acceptors (Lipinski definition) is 0. The molecule has 0 N–H and O–H groups in total. The molecule has 256 valence electrons. The largest absolute Gasteiger partial charge is 0.0622 e. The Labute approximate surface area is 320 Å². The normalized spacial score (nSPS) is 13.4. The Morgan fingerprint density at radius 2 is 0.782 bits per heavy atom. The maximum atomic E-state index is 2.46. The second kappa shape index (κ2) is 11.1. The molecule has 11 aromatic carbocycles. The van der Waals surface area contributed by atoms with E-state index in [4.69, 9.17) is 0 Å². The molecule has 0 amide bonds. The van der Waals surface area contributed by atoms with Crippen molar-refractivity contribution in [3.05, 3.63) is 193 Å². The number of rotatable bonds is 3. The van der Waals surface area contributed by atoms with Gasteiger partial charge in [-0.15, -0.1) is 0 Å². The zero-order valence-electron chi connectivity index (χ0n) is 30.8. The Kier molecular flexibility index (Phi) is 6.21. The van der Waals surface area contributed by atoms with Gasteiger partial charge in [0.25, 0.3) is 0 Å². The maximum absolute atomic E-state index is 2.46. The van der Waals surface area contributed by atoms with Crippen molar-refractivity contribution < 1.29 is 0 Å². The van der Waals surface area contributed by atoms with Gasteiger partial charge in [0.05, 0.1) is 0 Å². The summed E-state index contributed by atoms with van der Waals surface area (Å²) in [7, 11) is 0. The summed E-state index contributed by atoms with van der Waals surface area (Å²) >= 11 is 0. The summed E-state index contributed by atoms with van der Waals surface area (Å²) < 4.78 is 0. The van der Waals surface area contributed by atoms with E-state index < -0.39 is 0 Å². The third kappa shape index (κ3) is 4.28. The third-order valence-electron chi connectivity index (χ3n) is 12.8. The summed E-state index contributed by atoms with van der Waals surface area (Å²) in [5, 5.41) is 15.8. The van der Waals surface area contributed by atoms with Crippen LogP contribution in [0.15, 0.2) is 182 Å². The first-order chi connectivity index (χ1) is 27.0. The molecular formula is C55H36. The molecule has 12 rings (SSSR count). The minimum Gasteiger partial charge on any atom is -0.0622 e. The summed E-state index contributed by atoms with van der Waals surface area (Å²) in [4.78, 5) is 0. The highest BCUT2D eigenvalue weighted by Gasteiger charge is 2.38. The van der Waals surface area contributed by atoms with Gasteiger partial charge in [-0.1, -0.05) is 178 Å². The van der Waals surface area contributed by atoms with Crippen LogP contribution in [0.25, 0.3) is 109 Å². The molecular weight excluding hydrogens is 661 g/mol. The summed E-state index contributed by atoms with van der Waals surface area (Å²) in [6.45, 7) is 4.82. The molecule has 0 saturated carbocycles. The molecule has 0 heterocycles. The SMILES string of the molecule is CC1(C)c2cc(-c3ccc4cc(-c5ccc6ccc7c(-c8ccccc8)ccc8ccc5c6c87)ccc4c3)ccc2-c2c1c1ccccc1c1ccccc21. The van der Waals surface area contributed by atoms with Crippen LogP contribution >= 0.6 is 0 Å². The predicted octanol–water partition coefficient (Wildman–Crippen LogP) is 15.4. The van der Waals surface area contributed by atoms with E-state index in [0.717, 1.165) is 0 Å². The number of fused-ring (bicyclic) bond motifs is 9. The van der Waals surface area contributed by atoms with Crippen molar-refractivity contribution in [2.24, 2.45) is 0 Å². The van der Waals surface area contributed by atoms with E-state index in [1.807, 2.05) is 0 Å². The van der Waals surface area contributed by atoms with Crippen LogP contribution in [0.2, 0.25) is 0 Å². The van der Waals surface area contributed by atoms with Crippen LogP contribution in [-0.4, -0.2) is 0 Å². The van der Waals surface area contributed by atoms with Gasteiger partial charge < -0.3 is 0 Å². The topological polar surface area (TPSA) is 0 Å². The molecule has 1 aliphatic rings. The van der Waals surface area contributed by atoms with Crippen LogP contribution < -0.4 is 0 Å². The summed E-state index contributed by atoms with van der Waals surface area (Å²) in [5.41, 5.74) is 13.1. The average Bonchev–Trinajstić information content (AvgIpc) is 3.48. The second-order valence-corrected chi connectivity index (χ2v) is 16.0. The maximum Gasteiger partial charge on any atom is 0.0165 e. The minimum atomic E-state index is -0.125. The molecule has 0 unspecified atom stereocenters. The molecule has 0 aliphatic heterocycles. The lowest BCUT2D eigenvalue weighted by Crippen LogP contribution is -2.15. The molecule has 0 heteroatoms. The van der Waals surface area contributed by atoms with Gasteiger partial charge in [-0.25, -0.2) is 0 Å². The average molecular weight is 697 g/mol. The molecule has 55 heavy (non-hydrogen) atoms. The van der Waals surface area contributed by atoms with Crippen LogP contribution in [0.1, 0.15) is 25.0 Å². The van der Waals surface area contributed by atoms with E-state index in [1.165, 1.54) is 120 Å². The Bertz CT molecular complexity index is 3380. The van der Waals surface area contributed by atoms with Gasteiger partial charge in [-0.3, -0.25) is 0 Å². The lowest BCUT2D eigenvalue weighted by molar-refractivity contribution is 0.667. The van der Waals surface area contributed by atoms with Gasteiger partial charge in [0.15, 0.2) is 0 Å². The zero-order valence-corrected chi connectivity index (χ0v) is 30.8.